The van der Waals surface area contributed by atoms with Crippen LogP contribution >= 0.6 is 0 Å². The van der Waals surface area contributed by atoms with Crippen LogP contribution in [0.15, 0.2) is 24.3 Å². The van der Waals surface area contributed by atoms with Gasteiger partial charge in [-0.3, -0.25) is 4.79 Å². The van der Waals surface area contributed by atoms with Gasteiger partial charge in [0.25, 0.3) is 5.91 Å². The zero-order valence-electron chi connectivity index (χ0n) is 15.5. The SMILES string of the molecule is Cc1cccc(Nc2cc(OC3CCCCC3C3CC3)nnc2C(N)=O)n1. The molecule has 2 heterocycles. The minimum Gasteiger partial charge on any atom is -0.473 e. The van der Waals surface area contributed by atoms with Crippen LogP contribution in [0.5, 0.6) is 5.88 Å². The van der Waals surface area contributed by atoms with Gasteiger partial charge in [-0.15, -0.1) is 10.2 Å². The molecule has 27 heavy (non-hydrogen) atoms. The Morgan fingerprint density at radius 3 is 2.74 bits per heavy atom. The van der Waals surface area contributed by atoms with Crippen molar-refractivity contribution in [3.63, 3.8) is 0 Å². The van der Waals surface area contributed by atoms with Gasteiger partial charge in [-0.05, 0) is 63.0 Å². The highest BCUT2D eigenvalue weighted by Crippen LogP contribution is 2.45. The Hall–Kier alpha value is -2.70. The van der Waals surface area contributed by atoms with E-state index in [2.05, 4.69) is 20.5 Å². The Morgan fingerprint density at radius 1 is 1.19 bits per heavy atom. The monoisotopic (exact) mass is 367 g/mol. The van der Waals surface area contributed by atoms with Gasteiger partial charge in [0.15, 0.2) is 5.69 Å². The average molecular weight is 367 g/mol. The molecule has 2 aliphatic rings. The van der Waals surface area contributed by atoms with Gasteiger partial charge in [0.1, 0.15) is 11.9 Å². The van der Waals surface area contributed by atoms with E-state index in [0.29, 0.717) is 23.3 Å². The van der Waals surface area contributed by atoms with E-state index in [4.69, 9.17) is 10.5 Å². The van der Waals surface area contributed by atoms with Crippen molar-refractivity contribution in [1.29, 1.82) is 0 Å². The Labute approximate surface area is 158 Å². The lowest BCUT2D eigenvalue weighted by molar-refractivity contribution is 0.0749. The lowest BCUT2D eigenvalue weighted by Gasteiger charge is -2.31. The van der Waals surface area contributed by atoms with Crippen LogP contribution in [-0.2, 0) is 0 Å². The third-order valence-corrected chi connectivity index (χ3v) is 5.41. The summed E-state index contributed by atoms with van der Waals surface area (Å²) in [5, 5.41) is 11.2. The number of carbonyl (C=O) groups excluding carboxylic acids is 1. The fraction of sp³-hybridized carbons (Fsp3) is 0.500. The van der Waals surface area contributed by atoms with Crippen molar-refractivity contribution >= 4 is 17.4 Å². The Morgan fingerprint density at radius 2 is 2.00 bits per heavy atom. The van der Waals surface area contributed by atoms with Crippen LogP contribution < -0.4 is 15.8 Å². The molecule has 4 rings (SSSR count). The Balaban J connectivity index is 1.57. The summed E-state index contributed by atoms with van der Waals surface area (Å²) in [6.45, 7) is 1.90. The minimum absolute atomic E-state index is 0.0769. The van der Waals surface area contributed by atoms with E-state index >= 15 is 0 Å². The zero-order chi connectivity index (χ0) is 18.8. The first kappa shape index (κ1) is 17.7. The number of nitrogens with zero attached hydrogens (tertiary/aromatic N) is 3. The first-order chi connectivity index (χ1) is 13.1. The van der Waals surface area contributed by atoms with Gasteiger partial charge in [0.05, 0.1) is 5.69 Å². The molecule has 0 aromatic carbocycles. The highest BCUT2D eigenvalue weighted by Gasteiger charge is 2.39. The van der Waals surface area contributed by atoms with E-state index in [0.717, 1.165) is 18.0 Å². The molecule has 2 atom stereocenters. The molecule has 2 unspecified atom stereocenters. The fourth-order valence-corrected chi connectivity index (χ4v) is 3.95. The number of hydrogen-bond donors (Lipinski definition) is 2. The number of ether oxygens (including phenoxy) is 1. The molecule has 2 fully saturated rings. The van der Waals surface area contributed by atoms with Crippen molar-refractivity contribution in [2.75, 3.05) is 5.32 Å². The lowest BCUT2D eigenvalue weighted by atomic mass is 9.83. The number of primary amides is 1. The Kier molecular flexibility index (Phi) is 4.92. The van der Waals surface area contributed by atoms with Crippen LogP contribution in [0.1, 0.15) is 54.7 Å². The van der Waals surface area contributed by atoms with E-state index in [-0.39, 0.29) is 11.8 Å². The first-order valence-corrected chi connectivity index (χ1v) is 9.65. The quantitative estimate of drug-likeness (QED) is 0.811. The minimum atomic E-state index is -0.641. The third kappa shape index (κ3) is 4.18. The number of aromatic nitrogens is 3. The van der Waals surface area contributed by atoms with Crippen molar-refractivity contribution in [1.82, 2.24) is 15.2 Å². The summed E-state index contributed by atoms with van der Waals surface area (Å²) in [6.07, 6.45) is 7.51. The van der Waals surface area contributed by atoms with Crippen molar-refractivity contribution < 1.29 is 9.53 Å². The molecular weight excluding hydrogens is 342 g/mol. The number of nitrogens with two attached hydrogens (primary N) is 1. The van der Waals surface area contributed by atoms with Crippen molar-refractivity contribution in [3.05, 3.63) is 35.7 Å². The van der Waals surface area contributed by atoms with Crippen LogP contribution in [0.25, 0.3) is 0 Å². The second-order valence-corrected chi connectivity index (χ2v) is 7.54. The molecule has 0 spiro atoms. The molecule has 7 nitrogen and oxygen atoms in total. The van der Waals surface area contributed by atoms with Gasteiger partial charge in [-0.25, -0.2) is 4.98 Å². The van der Waals surface area contributed by atoms with E-state index in [9.17, 15) is 4.79 Å². The number of aryl methyl sites for hydroxylation is 1. The van der Waals surface area contributed by atoms with E-state index in [1.165, 1.54) is 32.1 Å². The highest BCUT2D eigenvalue weighted by molar-refractivity contribution is 5.97. The summed E-state index contributed by atoms with van der Waals surface area (Å²) >= 11 is 0. The van der Waals surface area contributed by atoms with Crippen molar-refractivity contribution in [3.8, 4) is 5.88 Å². The highest BCUT2D eigenvalue weighted by atomic mass is 16.5. The van der Waals surface area contributed by atoms with E-state index in [1.54, 1.807) is 6.07 Å². The topological polar surface area (TPSA) is 103 Å². The van der Waals surface area contributed by atoms with E-state index in [1.807, 2.05) is 25.1 Å². The second kappa shape index (κ2) is 7.50. The number of pyridine rings is 1. The maximum atomic E-state index is 11.7. The van der Waals surface area contributed by atoms with Gasteiger partial charge in [-0.1, -0.05) is 12.5 Å². The normalized spacial score (nSPS) is 22.3. The number of anilines is 2. The molecule has 0 bridgehead atoms. The zero-order valence-corrected chi connectivity index (χ0v) is 15.5. The molecule has 7 heteroatoms. The van der Waals surface area contributed by atoms with Crippen molar-refractivity contribution in [2.45, 2.75) is 51.6 Å². The molecule has 2 aromatic heterocycles. The molecule has 1 amide bonds. The van der Waals surface area contributed by atoms with Crippen LogP contribution in [-0.4, -0.2) is 27.2 Å². The van der Waals surface area contributed by atoms with Crippen LogP contribution in [0, 0.1) is 18.8 Å². The predicted molar refractivity (Wildman–Crippen MR) is 102 cm³/mol. The third-order valence-electron chi connectivity index (χ3n) is 5.41. The lowest BCUT2D eigenvalue weighted by Crippen LogP contribution is -2.32. The van der Waals surface area contributed by atoms with Crippen LogP contribution in [0.3, 0.4) is 0 Å². The van der Waals surface area contributed by atoms with Gasteiger partial charge in [0, 0.05) is 11.8 Å². The molecule has 0 saturated heterocycles. The van der Waals surface area contributed by atoms with Gasteiger partial charge >= 0.3 is 0 Å². The van der Waals surface area contributed by atoms with E-state index < -0.39 is 5.91 Å². The number of nitrogens with one attached hydrogen (secondary N) is 1. The van der Waals surface area contributed by atoms with Gasteiger partial charge in [0.2, 0.25) is 5.88 Å². The maximum absolute atomic E-state index is 11.7. The maximum Gasteiger partial charge on any atom is 0.271 e. The van der Waals surface area contributed by atoms with Crippen LogP contribution in [0.4, 0.5) is 11.5 Å². The molecule has 0 aliphatic heterocycles. The number of rotatable bonds is 6. The van der Waals surface area contributed by atoms with Crippen molar-refractivity contribution in [2.24, 2.45) is 17.6 Å². The van der Waals surface area contributed by atoms with Gasteiger partial charge < -0.3 is 15.8 Å². The first-order valence-electron chi connectivity index (χ1n) is 9.65. The number of amides is 1. The smallest absolute Gasteiger partial charge is 0.271 e. The summed E-state index contributed by atoms with van der Waals surface area (Å²) in [7, 11) is 0. The van der Waals surface area contributed by atoms with Gasteiger partial charge in [-0.2, -0.15) is 0 Å². The summed E-state index contributed by atoms with van der Waals surface area (Å²) in [5.74, 6) is 1.80. The molecule has 142 valence electrons. The summed E-state index contributed by atoms with van der Waals surface area (Å²) in [4.78, 5) is 16.2. The molecule has 3 N–H and O–H groups in total. The fourth-order valence-electron chi connectivity index (χ4n) is 3.95. The summed E-state index contributed by atoms with van der Waals surface area (Å²) < 4.78 is 6.22. The second-order valence-electron chi connectivity index (χ2n) is 7.54. The standard InChI is InChI=1S/C20H25N5O2/c1-12-5-4-8-17(22-12)23-15-11-18(24-25-19(15)20(21)26)27-16-7-3-2-6-14(16)13-9-10-13/h4-5,8,11,13-14,16H,2-3,6-7,9-10H2,1H3,(H2,21,26)(H,22,23,24). The molecule has 2 aromatic rings. The molecular formula is C20H25N5O2. The Bertz CT molecular complexity index is 837. The molecule has 2 saturated carbocycles. The predicted octanol–water partition coefficient (Wildman–Crippen LogP) is 3.37. The summed E-state index contributed by atoms with van der Waals surface area (Å²) in [6, 6.07) is 7.32. The largest absolute Gasteiger partial charge is 0.473 e. The number of hydrogen-bond acceptors (Lipinski definition) is 6. The molecule has 2 aliphatic carbocycles. The van der Waals surface area contributed by atoms with Crippen LogP contribution in [0.2, 0.25) is 0 Å². The average Bonchev–Trinajstić information content (AvgIpc) is 3.47. The summed E-state index contributed by atoms with van der Waals surface area (Å²) in [5.41, 5.74) is 6.87. The molecule has 0 radical (unpaired) electrons. The number of carbonyl (C=O) groups is 1.